The first kappa shape index (κ1) is 22.3. The van der Waals surface area contributed by atoms with Crippen LogP contribution in [0.2, 0.25) is 10.1 Å². The maximum atomic E-state index is 5.66. The van der Waals surface area contributed by atoms with Crippen LogP contribution in [0.4, 0.5) is 0 Å². The van der Waals surface area contributed by atoms with E-state index in [2.05, 4.69) is 52.2 Å². The minimum Gasteiger partial charge on any atom is -0.424 e. The van der Waals surface area contributed by atoms with Gasteiger partial charge >= 0.3 is 0 Å². The van der Waals surface area contributed by atoms with Crippen LogP contribution in [0.25, 0.3) is 0 Å². The molecule has 0 aromatic heterocycles. The third-order valence-electron chi connectivity index (χ3n) is 3.83. The predicted octanol–water partition coefficient (Wildman–Crippen LogP) is 1.58. The smallest absolute Gasteiger partial charge is 0.167 e. The Kier molecular flexibility index (Phi) is 12.8. The second-order valence-corrected chi connectivity index (χ2v) is 12.8. The Bertz CT molecular complexity index is 239. The van der Waals surface area contributed by atoms with Gasteiger partial charge in [0.05, 0.1) is 0 Å². The van der Waals surface area contributed by atoms with Crippen molar-refractivity contribution < 1.29 is 8.85 Å². The molecule has 0 aliphatic carbocycles. The van der Waals surface area contributed by atoms with E-state index in [0.29, 0.717) is 10.1 Å². The van der Waals surface area contributed by atoms with Crippen molar-refractivity contribution in [2.24, 2.45) is 0 Å². The molecule has 0 aliphatic heterocycles. The molecule has 0 heterocycles. The quantitative estimate of drug-likeness (QED) is 0.348. The fraction of sp³-hybridized carbons (Fsp3) is 1.00. The Morgan fingerprint density at radius 3 is 1.36 bits per heavy atom. The molecule has 0 aliphatic rings. The van der Waals surface area contributed by atoms with Gasteiger partial charge in [-0.05, 0) is 49.9 Å². The van der Waals surface area contributed by atoms with Gasteiger partial charge in [-0.15, -0.1) is 0 Å². The van der Waals surface area contributed by atoms with Crippen LogP contribution in [-0.2, 0) is 8.85 Å². The summed E-state index contributed by atoms with van der Waals surface area (Å²) >= 11 is 0. The van der Waals surface area contributed by atoms with Crippen LogP contribution in [0.3, 0.4) is 0 Å². The van der Waals surface area contributed by atoms with Crippen molar-refractivity contribution in [3.63, 3.8) is 0 Å². The van der Waals surface area contributed by atoms with E-state index in [9.17, 15) is 0 Å². The molecule has 2 N–H and O–H groups in total. The lowest BCUT2D eigenvalue weighted by Crippen LogP contribution is -2.32. The minimum absolute atomic E-state index is 0.395. The van der Waals surface area contributed by atoms with Crippen molar-refractivity contribution in [3.8, 4) is 0 Å². The molecule has 0 saturated carbocycles. The Balaban J connectivity index is 3.47. The van der Waals surface area contributed by atoms with Gasteiger partial charge in [0.2, 0.25) is 0 Å². The lowest BCUT2D eigenvalue weighted by molar-refractivity contribution is 0.333. The molecule has 6 heteroatoms. The largest absolute Gasteiger partial charge is 0.424 e. The lowest BCUT2D eigenvalue weighted by atomic mass is 10.1. The summed E-state index contributed by atoms with van der Waals surface area (Å²) in [6.07, 6.45) is 2.43. The fourth-order valence-electron chi connectivity index (χ4n) is 2.18. The Morgan fingerprint density at radius 2 is 1.05 bits per heavy atom. The first-order chi connectivity index (χ1) is 10.3. The first-order valence-electron chi connectivity index (χ1n) is 8.90. The SMILES string of the molecule is CCO[SiH2]C(C)(C)CCNCCNCCC(C)(C)[SiH2]OCC. The molecule has 0 aromatic carbocycles. The molecular weight excluding hydrogens is 308 g/mol. The topological polar surface area (TPSA) is 42.5 Å². The van der Waals surface area contributed by atoms with Crippen LogP contribution in [0.1, 0.15) is 54.4 Å². The maximum absolute atomic E-state index is 5.66. The van der Waals surface area contributed by atoms with E-state index in [1.54, 1.807) is 0 Å². The number of rotatable bonds is 15. The molecule has 4 nitrogen and oxygen atoms in total. The van der Waals surface area contributed by atoms with Gasteiger partial charge < -0.3 is 19.5 Å². The highest BCUT2D eigenvalue weighted by molar-refractivity contribution is 6.32. The van der Waals surface area contributed by atoms with Gasteiger partial charge in [0.1, 0.15) is 0 Å². The second kappa shape index (κ2) is 12.7. The van der Waals surface area contributed by atoms with Gasteiger partial charge in [-0.25, -0.2) is 0 Å². The molecule has 0 unspecified atom stereocenters. The minimum atomic E-state index is -0.395. The lowest BCUT2D eigenvalue weighted by Gasteiger charge is -2.24. The summed E-state index contributed by atoms with van der Waals surface area (Å²) in [5, 5.41) is 7.89. The molecule has 0 spiro atoms. The zero-order chi connectivity index (χ0) is 16.9. The predicted molar refractivity (Wildman–Crippen MR) is 103 cm³/mol. The summed E-state index contributed by atoms with van der Waals surface area (Å²) in [6, 6.07) is 0. The first-order valence-corrected chi connectivity index (χ1v) is 11.5. The van der Waals surface area contributed by atoms with E-state index in [0.717, 1.165) is 39.4 Å². The second-order valence-electron chi connectivity index (χ2n) is 7.60. The Morgan fingerprint density at radius 1 is 0.682 bits per heavy atom. The summed E-state index contributed by atoms with van der Waals surface area (Å²) in [4.78, 5) is 0. The molecule has 22 heavy (non-hydrogen) atoms. The van der Waals surface area contributed by atoms with Crippen molar-refractivity contribution in [1.29, 1.82) is 0 Å². The van der Waals surface area contributed by atoms with Crippen LogP contribution in [0.15, 0.2) is 0 Å². The van der Waals surface area contributed by atoms with Crippen LogP contribution >= 0.6 is 0 Å². The zero-order valence-corrected chi connectivity index (χ0v) is 18.7. The number of hydrogen-bond donors (Lipinski definition) is 2. The molecule has 0 atom stereocenters. The molecular formula is C16H40N2O2Si2. The summed E-state index contributed by atoms with van der Waals surface area (Å²) in [5.74, 6) is 0. The highest BCUT2D eigenvalue weighted by Crippen LogP contribution is 2.27. The Labute approximate surface area is 143 Å². The average Bonchev–Trinajstić information content (AvgIpc) is 2.46. The van der Waals surface area contributed by atoms with E-state index in [1.807, 2.05) is 0 Å². The van der Waals surface area contributed by atoms with Crippen molar-refractivity contribution in [3.05, 3.63) is 0 Å². The van der Waals surface area contributed by atoms with Crippen LogP contribution < -0.4 is 10.6 Å². The monoisotopic (exact) mass is 348 g/mol. The molecule has 0 amide bonds. The molecule has 0 rings (SSSR count). The number of nitrogens with one attached hydrogen (secondary N) is 2. The highest BCUT2D eigenvalue weighted by atomic mass is 28.2. The van der Waals surface area contributed by atoms with E-state index in [4.69, 9.17) is 8.85 Å². The van der Waals surface area contributed by atoms with Gasteiger partial charge in [-0.1, -0.05) is 27.7 Å². The summed E-state index contributed by atoms with van der Waals surface area (Å²) in [6.45, 7) is 19.5. The van der Waals surface area contributed by atoms with E-state index in [1.165, 1.54) is 12.8 Å². The standard InChI is InChI=1S/C16H40N2O2Si2/c1-7-19-21-15(3,4)9-11-17-13-14-18-12-10-16(5,6)22-20-8-2/h17-18H,7-14,21-22H2,1-6H3. The molecule has 134 valence electrons. The molecule has 0 aromatic rings. The van der Waals surface area contributed by atoms with E-state index < -0.39 is 19.5 Å². The van der Waals surface area contributed by atoms with Crippen molar-refractivity contribution in [2.45, 2.75) is 64.5 Å². The average molecular weight is 349 g/mol. The maximum Gasteiger partial charge on any atom is 0.167 e. The third kappa shape index (κ3) is 13.9. The highest BCUT2D eigenvalue weighted by Gasteiger charge is 2.19. The van der Waals surface area contributed by atoms with Gasteiger partial charge in [0.25, 0.3) is 0 Å². The molecule has 0 saturated heterocycles. The van der Waals surface area contributed by atoms with Gasteiger partial charge in [0, 0.05) is 26.3 Å². The van der Waals surface area contributed by atoms with Gasteiger partial charge in [-0.2, -0.15) is 0 Å². The third-order valence-corrected chi connectivity index (χ3v) is 7.32. The van der Waals surface area contributed by atoms with Crippen LogP contribution in [-0.4, -0.2) is 58.9 Å². The Hall–Kier alpha value is 0.274. The summed E-state index contributed by atoms with van der Waals surface area (Å²) in [7, 11) is -0.790. The normalized spacial score (nSPS) is 13.9. The summed E-state index contributed by atoms with van der Waals surface area (Å²) in [5.41, 5.74) is 0. The van der Waals surface area contributed by atoms with Crippen molar-refractivity contribution >= 4 is 19.5 Å². The van der Waals surface area contributed by atoms with Crippen LogP contribution in [0, 0.1) is 0 Å². The fourth-order valence-corrected chi connectivity index (χ4v) is 4.34. The molecule has 0 fully saturated rings. The summed E-state index contributed by atoms with van der Waals surface area (Å²) < 4.78 is 11.3. The van der Waals surface area contributed by atoms with E-state index >= 15 is 0 Å². The van der Waals surface area contributed by atoms with Gasteiger partial charge in [0.15, 0.2) is 19.5 Å². The van der Waals surface area contributed by atoms with Crippen LogP contribution in [0.5, 0.6) is 0 Å². The van der Waals surface area contributed by atoms with Crippen molar-refractivity contribution in [2.75, 3.05) is 39.4 Å². The number of hydrogen-bond acceptors (Lipinski definition) is 4. The van der Waals surface area contributed by atoms with E-state index in [-0.39, 0.29) is 0 Å². The van der Waals surface area contributed by atoms with Crippen molar-refractivity contribution in [1.82, 2.24) is 10.6 Å². The van der Waals surface area contributed by atoms with Gasteiger partial charge in [-0.3, -0.25) is 0 Å². The zero-order valence-electron chi connectivity index (χ0n) is 15.9. The molecule has 0 radical (unpaired) electrons. The molecule has 0 bridgehead atoms.